The predicted molar refractivity (Wildman–Crippen MR) is 68.3 cm³/mol. The summed E-state index contributed by atoms with van der Waals surface area (Å²) in [6.07, 6.45) is -4.75. The van der Waals surface area contributed by atoms with Crippen molar-refractivity contribution in [2.24, 2.45) is 0 Å². The van der Waals surface area contributed by atoms with Gasteiger partial charge in [-0.1, -0.05) is 18.2 Å². The van der Waals surface area contributed by atoms with Crippen LogP contribution in [0.5, 0.6) is 0 Å². The summed E-state index contributed by atoms with van der Waals surface area (Å²) < 4.78 is 64.4. The average molecular weight is 302 g/mol. The van der Waals surface area contributed by atoms with Gasteiger partial charge in [-0.2, -0.15) is 13.2 Å². The molecule has 2 aromatic carbocycles. The van der Waals surface area contributed by atoms with Gasteiger partial charge >= 0.3 is 6.18 Å². The average Bonchev–Trinajstić information content (AvgIpc) is 2.42. The quantitative estimate of drug-likeness (QED) is 0.656. The third kappa shape index (κ3) is 3.91. The summed E-state index contributed by atoms with van der Waals surface area (Å²) >= 11 is 0. The van der Waals surface area contributed by atoms with Crippen LogP contribution in [0.2, 0.25) is 0 Å². The van der Waals surface area contributed by atoms with Crippen molar-refractivity contribution >= 4 is 5.69 Å². The molecule has 21 heavy (non-hydrogen) atoms. The Hall–Kier alpha value is -2.15. The van der Waals surface area contributed by atoms with Crippen LogP contribution >= 0.6 is 0 Å². The highest BCUT2D eigenvalue weighted by Gasteiger charge is 2.34. The van der Waals surface area contributed by atoms with E-state index in [-0.39, 0.29) is 18.2 Å². The molecule has 0 saturated carbocycles. The zero-order valence-corrected chi connectivity index (χ0v) is 10.6. The number of para-hydroxylation sites is 1. The van der Waals surface area contributed by atoms with Crippen molar-refractivity contribution in [3.05, 3.63) is 65.2 Å². The summed E-state index contributed by atoms with van der Waals surface area (Å²) in [6.45, 7) is -0.319. The lowest BCUT2D eigenvalue weighted by Gasteiger charge is -2.15. The maximum atomic E-state index is 13.1. The smallest absolute Gasteiger partial charge is 0.321 e. The highest BCUT2D eigenvalue weighted by molar-refractivity contribution is 5.41. The fourth-order valence-electron chi connectivity index (χ4n) is 1.76. The molecule has 2 rings (SSSR count). The van der Waals surface area contributed by atoms with Crippen LogP contribution < -0.4 is 10.9 Å². The summed E-state index contributed by atoms with van der Waals surface area (Å²) in [4.78, 5) is 0. The van der Waals surface area contributed by atoms with E-state index in [0.717, 1.165) is 0 Å². The van der Waals surface area contributed by atoms with Crippen LogP contribution in [0.25, 0.3) is 0 Å². The molecule has 0 aromatic heterocycles. The maximum Gasteiger partial charge on any atom is 0.416 e. The van der Waals surface area contributed by atoms with Gasteiger partial charge in [0.2, 0.25) is 0 Å². The molecule has 0 heterocycles. The van der Waals surface area contributed by atoms with Gasteiger partial charge in [-0.05, 0) is 29.8 Å². The molecule has 0 bridgehead atoms. The Bertz CT molecular complexity index is 611. The van der Waals surface area contributed by atoms with Gasteiger partial charge < -0.3 is 5.43 Å². The van der Waals surface area contributed by atoms with Crippen molar-refractivity contribution in [2.75, 3.05) is 5.43 Å². The lowest BCUT2D eigenvalue weighted by molar-refractivity contribution is -0.138. The van der Waals surface area contributed by atoms with Crippen LogP contribution in [0.15, 0.2) is 42.5 Å². The third-order valence-electron chi connectivity index (χ3n) is 2.74. The molecule has 2 nitrogen and oxygen atoms in total. The third-order valence-corrected chi connectivity index (χ3v) is 2.74. The molecule has 2 aromatic rings. The number of benzene rings is 2. The molecule has 0 aliphatic heterocycles. The summed E-state index contributed by atoms with van der Waals surface area (Å²) in [5, 5.41) is 0. The van der Waals surface area contributed by atoms with Gasteiger partial charge in [-0.15, -0.1) is 0 Å². The first kappa shape index (κ1) is 15.2. The lowest BCUT2D eigenvalue weighted by Crippen LogP contribution is -2.23. The van der Waals surface area contributed by atoms with E-state index in [0.29, 0.717) is 11.8 Å². The molecule has 0 unspecified atom stereocenters. The topological polar surface area (TPSA) is 24.1 Å². The number of hydrazine groups is 1. The highest BCUT2D eigenvalue weighted by Crippen LogP contribution is 2.33. The largest absolute Gasteiger partial charge is 0.416 e. The van der Waals surface area contributed by atoms with Crippen molar-refractivity contribution in [3.63, 3.8) is 0 Å². The van der Waals surface area contributed by atoms with Crippen molar-refractivity contribution in [3.8, 4) is 0 Å². The first-order valence-corrected chi connectivity index (χ1v) is 5.97. The second-order valence-corrected chi connectivity index (χ2v) is 4.27. The number of hydrogen-bond acceptors (Lipinski definition) is 2. The molecule has 0 aliphatic carbocycles. The number of alkyl halides is 3. The second kappa shape index (κ2) is 6.09. The number of nitrogens with one attached hydrogen (secondary N) is 2. The van der Waals surface area contributed by atoms with Crippen LogP contribution in [-0.4, -0.2) is 0 Å². The zero-order valence-electron chi connectivity index (χ0n) is 10.6. The molecule has 2 N–H and O–H groups in total. The molecule has 0 fully saturated rings. The number of halogens is 5. The zero-order chi connectivity index (χ0) is 15.5. The van der Waals surface area contributed by atoms with Crippen molar-refractivity contribution < 1.29 is 22.0 Å². The van der Waals surface area contributed by atoms with Crippen LogP contribution in [0.1, 0.15) is 11.1 Å². The van der Waals surface area contributed by atoms with E-state index in [1.54, 1.807) is 30.3 Å². The van der Waals surface area contributed by atoms with Crippen LogP contribution in [0.4, 0.5) is 27.6 Å². The molecule has 0 aliphatic rings. The minimum Gasteiger partial charge on any atom is -0.321 e. The summed E-state index contributed by atoms with van der Waals surface area (Å²) in [6, 6.07) is 9.35. The minimum atomic E-state index is -4.75. The second-order valence-electron chi connectivity index (χ2n) is 4.27. The molecule has 0 amide bonds. The monoisotopic (exact) mass is 302 g/mol. The van der Waals surface area contributed by atoms with E-state index in [9.17, 15) is 22.0 Å². The Morgan fingerprint density at radius 3 is 2.14 bits per heavy atom. The van der Waals surface area contributed by atoms with Gasteiger partial charge in [0, 0.05) is 12.2 Å². The molecular formula is C14H11F5N2. The molecule has 7 heteroatoms. The normalized spacial score (nSPS) is 11.5. The van der Waals surface area contributed by atoms with Gasteiger partial charge in [0.05, 0.1) is 5.56 Å². The van der Waals surface area contributed by atoms with Crippen molar-refractivity contribution in [2.45, 2.75) is 12.7 Å². The number of hydrogen-bond donors (Lipinski definition) is 2. The summed E-state index contributed by atoms with van der Waals surface area (Å²) in [7, 11) is 0. The number of rotatable bonds is 4. The fraction of sp³-hybridized carbons (Fsp3) is 0.143. The molecule has 0 atom stereocenters. The molecule has 0 spiro atoms. The SMILES string of the molecule is Fc1cc(CNNc2ccccc2)c(C(F)(F)F)cc1F. The Balaban J connectivity index is 2.14. The van der Waals surface area contributed by atoms with Gasteiger partial charge in [0.1, 0.15) is 0 Å². The molecule has 0 radical (unpaired) electrons. The van der Waals surface area contributed by atoms with Gasteiger partial charge in [-0.25, -0.2) is 14.2 Å². The van der Waals surface area contributed by atoms with Gasteiger partial charge in [0.15, 0.2) is 11.6 Å². The number of anilines is 1. The highest BCUT2D eigenvalue weighted by atomic mass is 19.4. The predicted octanol–water partition coefficient (Wildman–Crippen LogP) is 4.10. The fourth-order valence-corrected chi connectivity index (χ4v) is 1.76. The lowest BCUT2D eigenvalue weighted by atomic mass is 10.1. The van der Waals surface area contributed by atoms with Gasteiger partial charge in [-0.3, -0.25) is 0 Å². The molecule has 0 saturated heterocycles. The first-order valence-electron chi connectivity index (χ1n) is 5.97. The minimum absolute atomic E-state index is 0.162. The van der Waals surface area contributed by atoms with Gasteiger partial charge in [0.25, 0.3) is 0 Å². The Morgan fingerprint density at radius 1 is 0.905 bits per heavy atom. The van der Waals surface area contributed by atoms with Crippen molar-refractivity contribution in [1.29, 1.82) is 0 Å². The van der Waals surface area contributed by atoms with Crippen LogP contribution in [-0.2, 0) is 12.7 Å². The van der Waals surface area contributed by atoms with E-state index < -0.39 is 23.4 Å². The Labute approximate surface area is 117 Å². The summed E-state index contributed by atoms with van der Waals surface area (Å²) in [5.41, 5.74) is 4.25. The van der Waals surface area contributed by atoms with Crippen LogP contribution in [0, 0.1) is 11.6 Å². The van der Waals surface area contributed by atoms with E-state index in [4.69, 9.17) is 0 Å². The molecule has 112 valence electrons. The van der Waals surface area contributed by atoms with E-state index >= 15 is 0 Å². The standard InChI is InChI=1S/C14H11F5N2/c15-12-6-9(11(7-13(12)16)14(17,18)19)8-20-21-10-4-2-1-3-5-10/h1-7,20-21H,8H2. The first-order chi connectivity index (χ1) is 9.88. The van der Waals surface area contributed by atoms with E-state index in [1.165, 1.54) is 0 Å². The van der Waals surface area contributed by atoms with E-state index in [1.807, 2.05) is 0 Å². The Morgan fingerprint density at radius 2 is 1.52 bits per heavy atom. The van der Waals surface area contributed by atoms with Crippen LogP contribution in [0.3, 0.4) is 0 Å². The summed E-state index contributed by atoms with van der Waals surface area (Å²) in [5.74, 6) is -2.85. The van der Waals surface area contributed by atoms with E-state index in [2.05, 4.69) is 10.9 Å². The molecular weight excluding hydrogens is 291 g/mol. The van der Waals surface area contributed by atoms with Crippen molar-refractivity contribution in [1.82, 2.24) is 5.43 Å². The maximum absolute atomic E-state index is 13.1. The Kier molecular flexibility index (Phi) is 4.42.